The third-order valence-corrected chi connectivity index (χ3v) is 2.82. The second-order valence-electron chi connectivity index (χ2n) is 2.87. The Morgan fingerprint density at radius 3 is 2.50 bits per heavy atom. The molecule has 1 rings (SSSR count). The van der Waals surface area contributed by atoms with Gasteiger partial charge in [0, 0.05) is 13.0 Å². The quantitative estimate of drug-likeness (QED) is 0.535. The van der Waals surface area contributed by atoms with Gasteiger partial charge in [0.05, 0.1) is 5.75 Å². The fourth-order valence-electron chi connectivity index (χ4n) is 0.717. The first kappa shape index (κ1) is 13.3. The Kier molecular flexibility index (Phi) is 6.43. The summed E-state index contributed by atoms with van der Waals surface area (Å²) < 4.78 is 21.4. The first-order valence-electron chi connectivity index (χ1n) is 4.48. The summed E-state index contributed by atoms with van der Waals surface area (Å²) in [7, 11) is -2.98. The summed E-state index contributed by atoms with van der Waals surface area (Å²) in [5.74, 6) is 0.00463. The molecule has 0 atom stereocenters. The van der Waals surface area contributed by atoms with Gasteiger partial charge in [-0.3, -0.25) is 4.79 Å². The molecule has 0 bridgehead atoms. The van der Waals surface area contributed by atoms with Gasteiger partial charge >= 0.3 is 0 Å². The van der Waals surface area contributed by atoms with E-state index in [1.165, 1.54) is 0 Å². The number of amides is 1. The number of hydrogen-bond donors (Lipinski definition) is 3. The molecule has 0 aliphatic carbocycles. The minimum atomic E-state index is -2.98. The van der Waals surface area contributed by atoms with E-state index in [1.54, 1.807) is 6.92 Å². The lowest BCUT2D eigenvalue weighted by Gasteiger charge is -1.98. The molecule has 0 aromatic rings. The highest BCUT2D eigenvalue weighted by Crippen LogP contribution is 1.95. The van der Waals surface area contributed by atoms with E-state index >= 15 is 0 Å². The molecule has 1 fully saturated rings. The lowest BCUT2D eigenvalue weighted by atomic mass is 10.3. The molecule has 1 aliphatic heterocycles. The van der Waals surface area contributed by atoms with Crippen molar-refractivity contribution < 1.29 is 13.2 Å². The molecular formula is C7H17N3O3S. The third kappa shape index (κ3) is 7.96. The Hall–Kier alpha value is -0.660. The third-order valence-electron chi connectivity index (χ3n) is 1.54. The van der Waals surface area contributed by atoms with E-state index in [0.717, 1.165) is 19.4 Å². The number of carbonyl (C=O) groups is 1. The van der Waals surface area contributed by atoms with Crippen molar-refractivity contribution in [3.05, 3.63) is 0 Å². The van der Waals surface area contributed by atoms with Crippen LogP contribution < -0.4 is 16.0 Å². The number of rotatable bonds is 1. The van der Waals surface area contributed by atoms with Crippen molar-refractivity contribution >= 4 is 15.9 Å². The van der Waals surface area contributed by atoms with E-state index in [2.05, 4.69) is 16.0 Å². The number of hydrazine groups is 1. The second-order valence-corrected chi connectivity index (χ2v) is 4.72. The molecule has 0 aromatic carbocycles. The number of hydrogen-bond acceptors (Lipinski definition) is 4. The molecule has 1 saturated heterocycles. The normalized spacial score (nSPS) is 20.1. The molecule has 1 heterocycles. The molecule has 1 aliphatic rings. The number of nitrogens with two attached hydrogens (primary N) is 1. The highest BCUT2D eigenvalue weighted by atomic mass is 32.2. The van der Waals surface area contributed by atoms with Gasteiger partial charge in [-0.05, 0) is 12.8 Å². The maximum atomic E-state index is 10.7. The average Bonchev–Trinajstić information content (AvgIpc) is 2.30. The maximum Gasteiger partial charge on any atom is 0.224 e. The van der Waals surface area contributed by atoms with E-state index in [0.29, 0.717) is 6.42 Å². The fraction of sp³-hybridized carbons (Fsp3) is 0.857. The molecule has 0 aromatic heterocycles. The summed E-state index contributed by atoms with van der Waals surface area (Å²) in [6, 6.07) is 0. The van der Waals surface area contributed by atoms with Crippen LogP contribution in [-0.4, -0.2) is 26.6 Å². The molecule has 0 saturated carbocycles. The smallest absolute Gasteiger partial charge is 0.224 e. The Morgan fingerprint density at radius 2 is 2.00 bits per heavy atom. The van der Waals surface area contributed by atoms with Crippen LogP contribution in [0.15, 0.2) is 0 Å². The van der Waals surface area contributed by atoms with Gasteiger partial charge in [-0.1, -0.05) is 6.92 Å². The number of nitrogens with one attached hydrogen (secondary N) is 2. The zero-order valence-corrected chi connectivity index (χ0v) is 9.06. The number of primary amides is 1. The summed E-state index contributed by atoms with van der Waals surface area (Å²) in [5, 5.41) is 0. The van der Waals surface area contributed by atoms with Gasteiger partial charge < -0.3 is 5.73 Å². The SMILES string of the molecule is CCC(N)=O.O=S1(=O)CCCCNN1. The van der Waals surface area contributed by atoms with Crippen LogP contribution in [0.4, 0.5) is 0 Å². The summed E-state index contributed by atoms with van der Waals surface area (Å²) >= 11 is 0. The Morgan fingerprint density at radius 1 is 1.43 bits per heavy atom. The molecule has 84 valence electrons. The van der Waals surface area contributed by atoms with Crippen LogP contribution in [0, 0.1) is 0 Å². The Labute approximate surface area is 84.3 Å². The van der Waals surface area contributed by atoms with E-state index in [1.807, 2.05) is 0 Å². The predicted molar refractivity (Wildman–Crippen MR) is 53.6 cm³/mol. The summed E-state index contributed by atoms with van der Waals surface area (Å²) in [5.41, 5.74) is 7.25. The van der Waals surface area contributed by atoms with Crippen LogP contribution in [0.2, 0.25) is 0 Å². The molecule has 4 N–H and O–H groups in total. The van der Waals surface area contributed by atoms with E-state index in [9.17, 15) is 13.2 Å². The van der Waals surface area contributed by atoms with Crippen molar-refractivity contribution in [3.8, 4) is 0 Å². The molecule has 0 spiro atoms. The zero-order chi connectivity index (χ0) is 11.0. The topological polar surface area (TPSA) is 101 Å². The lowest BCUT2D eigenvalue weighted by molar-refractivity contribution is -0.117. The molecule has 0 unspecified atom stereocenters. The van der Waals surface area contributed by atoms with E-state index in [4.69, 9.17) is 0 Å². The van der Waals surface area contributed by atoms with E-state index < -0.39 is 10.0 Å². The van der Waals surface area contributed by atoms with Gasteiger partial charge in [0.1, 0.15) is 0 Å². The Balaban J connectivity index is 0.000000292. The van der Waals surface area contributed by atoms with Gasteiger partial charge in [-0.2, -0.15) is 4.83 Å². The van der Waals surface area contributed by atoms with Gasteiger partial charge in [-0.15, -0.1) is 0 Å². The highest BCUT2D eigenvalue weighted by molar-refractivity contribution is 7.89. The minimum Gasteiger partial charge on any atom is -0.370 e. The van der Waals surface area contributed by atoms with Crippen molar-refractivity contribution in [2.45, 2.75) is 26.2 Å². The zero-order valence-electron chi connectivity index (χ0n) is 8.25. The average molecular weight is 223 g/mol. The molecule has 7 heteroatoms. The first-order chi connectivity index (χ1) is 6.48. The summed E-state index contributed by atoms with van der Waals surface area (Å²) in [4.78, 5) is 11.8. The lowest BCUT2D eigenvalue weighted by Crippen LogP contribution is -2.36. The van der Waals surface area contributed by atoms with Crippen LogP contribution in [0.1, 0.15) is 26.2 Å². The standard InChI is InChI=1S/C4H10N2O2S.C3H7NO/c7-9(8)4-2-1-3-5-6-9;1-2-3(4)5/h5-6H,1-4H2;2H2,1H3,(H2,4,5). The predicted octanol–water partition coefficient (Wildman–Crippen LogP) is -0.914. The van der Waals surface area contributed by atoms with Gasteiger partial charge in [0.25, 0.3) is 0 Å². The fourth-order valence-corrected chi connectivity index (χ4v) is 1.73. The molecule has 1 amide bonds. The van der Waals surface area contributed by atoms with E-state index in [-0.39, 0.29) is 11.7 Å². The van der Waals surface area contributed by atoms with Crippen LogP contribution in [0.25, 0.3) is 0 Å². The van der Waals surface area contributed by atoms with Crippen molar-refractivity contribution in [2.75, 3.05) is 12.3 Å². The highest BCUT2D eigenvalue weighted by Gasteiger charge is 2.11. The minimum absolute atomic E-state index is 0.245. The van der Waals surface area contributed by atoms with Crippen molar-refractivity contribution in [1.29, 1.82) is 0 Å². The van der Waals surface area contributed by atoms with Gasteiger partial charge in [0.2, 0.25) is 15.9 Å². The van der Waals surface area contributed by atoms with Gasteiger partial charge in [0.15, 0.2) is 0 Å². The maximum absolute atomic E-state index is 10.7. The monoisotopic (exact) mass is 223 g/mol. The van der Waals surface area contributed by atoms with Crippen LogP contribution >= 0.6 is 0 Å². The summed E-state index contributed by atoms with van der Waals surface area (Å²) in [6.07, 6.45) is 2.12. The second kappa shape index (κ2) is 6.74. The van der Waals surface area contributed by atoms with Crippen molar-refractivity contribution in [2.24, 2.45) is 5.73 Å². The Bertz CT molecular complexity index is 249. The van der Waals surface area contributed by atoms with Crippen LogP contribution in [0.3, 0.4) is 0 Å². The molecule has 6 nitrogen and oxygen atoms in total. The van der Waals surface area contributed by atoms with Crippen LogP contribution in [-0.2, 0) is 14.8 Å². The molecule has 14 heavy (non-hydrogen) atoms. The van der Waals surface area contributed by atoms with Crippen LogP contribution in [0.5, 0.6) is 0 Å². The van der Waals surface area contributed by atoms with Gasteiger partial charge in [-0.25, -0.2) is 13.8 Å². The molecule has 0 radical (unpaired) electrons. The van der Waals surface area contributed by atoms with Crippen molar-refractivity contribution in [1.82, 2.24) is 10.3 Å². The molecular weight excluding hydrogens is 206 g/mol. The number of sulfonamides is 1. The largest absolute Gasteiger partial charge is 0.370 e. The number of carbonyl (C=O) groups excluding carboxylic acids is 1. The summed E-state index contributed by atoms with van der Waals surface area (Å²) in [6.45, 7) is 2.46. The van der Waals surface area contributed by atoms with Crippen molar-refractivity contribution in [3.63, 3.8) is 0 Å². The first-order valence-corrected chi connectivity index (χ1v) is 6.14.